The SMILES string of the molecule is O=C(CNC(=O)c1ccc(CN2CCOCC2)cc1)c1ccccc1. The second-order valence-electron chi connectivity index (χ2n) is 6.06. The number of rotatable bonds is 6. The van der Waals surface area contributed by atoms with E-state index < -0.39 is 0 Å². The first-order valence-corrected chi connectivity index (χ1v) is 8.48. The Kier molecular flexibility index (Phi) is 5.93. The van der Waals surface area contributed by atoms with Crippen molar-refractivity contribution >= 4 is 11.7 Å². The third kappa shape index (κ3) is 4.98. The van der Waals surface area contributed by atoms with Crippen molar-refractivity contribution in [2.45, 2.75) is 6.54 Å². The van der Waals surface area contributed by atoms with Gasteiger partial charge in [0.15, 0.2) is 5.78 Å². The zero-order valence-corrected chi connectivity index (χ0v) is 14.1. The lowest BCUT2D eigenvalue weighted by molar-refractivity contribution is 0.0342. The zero-order chi connectivity index (χ0) is 17.5. The first-order valence-electron chi connectivity index (χ1n) is 8.48. The van der Waals surface area contributed by atoms with E-state index in [1.54, 1.807) is 24.3 Å². The van der Waals surface area contributed by atoms with Crippen LogP contribution in [0.3, 0.4) is 0 Å². The molecule has 1 fully saturated rings. The second kappa shape index (κ2) is 8.55. The Balaban J connectivity index is 1.51. The van der Waals surface area contributed by atoms with Crippen LogP contribution in [0.4, 0.5) is 0 Å². The molecule has 5 heteroatoms. The molecule has 2 aromatic rings. The van der Waals surface area contributed by atoms with Crippen molar-refractivity contribution in [3.05, 3.63) is 71.3 Å². The predicted octanol–water partition coefficient (Wildman–Crippen LogP) is 2.13. The van der Waals surface area contributed by atoms with Gasteiger partial charge in [0.2, 0.25) is 0 Å². The van der Waals surface area contributed by atoms with E-state index in [0.717, 1.165) is 32.8 Å². The number of nitrogens with one attached hydrogen (secondary N) is 1. The molecule has 1 saturated heterocycles. The van der Waals surface area contributed by atoms with Crippen molar-refractivity contribution in [1.29, 1.82) is 0 Å². The fourth-order valence-electron chi connectivity index (χ4n) is 2.77. The smallest absolute Gasteiger partial charge is 0.251 e. The molecule has 0 radical (unpaired) electrons. The van der Waals surface area contributed by atoms with Gasteiger partial charge in [-0.1, -0.05) is 42.5 Å². The molecule has 1 N–H and O–H groups in total. The first kappa shape index (κ1) is 17.3. The van der Waals surface area contributed by atoms with E-state index in [2.05, 4.69) is 10.2 Å². The Morgan fingerprint density at radius 1 is 0.920 bits per heavy atom. The fraction of sp³-hybridized carbons (Fsp3) is 0.300. The van der Waals surface area contributed by atoms with E-state index in [0.29, 0.717) is 11.1 Å². The summed E-state index contributed by atoms with van der Waals surface area (Å²) in [6.07, 6.45) is 0. The van der Waals surface area contributed by atoms with Crippen molar-refractivity contribution in [2.75, 3.05) is 32.8 Å². The predicted molar refractivity (Wildman–Crippen MR) is 95.6 cm³/mol. The van der Waals surface area contributed by atoms with Gasteiger partial charge in [-0.15, -0.1) is 0 Å². The van der Waals surface area contributed by atoms with Crippen molar-refractivity contribution in [3.63, 3.8) is 0 Å². The normalized spacial score (nSPS) is 14.9. The maximum Gasteiger partial charge on any atom is 0.251 e. The maximum absolute atomic E-state index is 12.2. The summed E-state index contributed by atoms with van der Waals surface area (Å²) in [6.45, 7) is 4.27. The highest BCUT2D eigenvalue weighted by Crippen LogP contribution is 2.09. The van der Waals surface area contributed by atoms with Gasteiger partial charge in [-0.05, 0) is 17.7 Å². The highest BCUT2D eigenvalue weighted by atomic mass is 16.5. The largest absolute Gasteiger partial charge is 0.379 e. The van der Waals surface area contributed by atoms with Crippen LogP contribution in [-0.2, 0) is 11.3 Å². The summed E-state index contributed by atoms with van der Waals surface area (Å²) < 4.78 is 5.34. The highest BCUT2D eigenvalue weighted by molar-refractivity contribution is 6.02. The van der Waals surface area contributed by atoms with E-state index in [4.69, 9.17) is 4.74 Å². The molecule has 0 aromatic heterocycles. The number of ether oxygens (including phenoxy) is 1. The molecule has 25 heavy (non-hydrogen) atoms. The lowest BCUT2D eigenvalue weighted by atomic mass is 10.1. The van der Waals surface area contributed by atoms with E-state index in [-0.39, 0.29) is 18.2 Å². The van der Waals surface area contributed by atoms with Crippen LogP contribution >= 0.6 is 0 Å². The highest BCUT2D eigenvalue weighted by Gasteiger charge is 2.12. The van der Waals surface area contributed by atoms with Gasteiger partial charge in [-0.2, -0.15) is 0 Å². The molecule has 0 spiro atoms. The molecule has 0 aliphatic carbocycles. The number of amides is 1. The number of hydrogen-bond donors (Lipinski definition) is 1. The lowest BCUT2D eigenvalue weighted by Crippen LogP contribution is -2.35. The average molecular weight is 338 g/mol. The Morgan fingerprint density at radius 3 is 2.28 bits per heavy atom. The lowest BCUT2D eigenvalue weighted by Gasteiger charge is -2.26. The standard InChI is InChI=1S/C20H22N2O3/c23-19(17-4-2-1-3-5-17)14-21-20(24)18-8-6-16(7-9-18)15-22-10-12-25-13-11-22/h1-9H,10-15H2,(H,21,24). The van der Waals surface area contributed by atoms with Crippen molar-refractivity contribution in [2.24, 2.45) is 0 Å². The van der Waals surface area contributed by atoms with Gasteiger partial charge < -0.3 is 10.1 Å². The summed E-state index contributed by atoms with van der Waals surface area (Å²) >= 11 is 0. The fourth-order valence-corrected chi connectivity index (χ4v) is 2.77. The van der Waals surface area contributed by atoms with Crippen LogP contribution in [0, 0.1) is 0 Å². The first-order chi connectivity index (χ1) is 12.2. The van der Waals surface area contributed by atoms with Crippen LogP contribution in [-0.4, -0.2) is 49.4 Å². The zero-order valence-electron chi connectivity index (χ0n) is 14.1. The van der Waals surface area contributed by atoms with E-state index in [1.165, 1.54) is 5.56 Å². The van der Waals surface area contributed by atoms with Crippen LogP contribution in [0.25, 0.3) is 0 Å². The molecule has 0 saturated carbocycles. The number of hydrogen-bond acceptors (Lipinski definition) is 4. The molecule has 0 atom stereocenters. The molecule has 0 unspecified atom stereocenters. The minimum absolute atomic E-state index is 0.00161. The minimum atomic E-state index is -0.234. The van der Waals surface area contributed by atoms with Gasteiger partial charge >= 0.3 is 0 Å². The van der Waals surface area contributed by atoms with Gasteiger partial charge in [0.05, 0.1) is 19.8 Å². The Labute approximate surface area is 147 Å². The third-order valence-corrected chi connectivity index (χ3v) is 4.23. The molecular weight excluding hydrogens is 316 g/mol. The second-order valence-corrected chi connectivity index (χ2v) is 6.06. The molecule has 3 rings (SSSR count). The molecule has 1 aliphatic rings. The van der Waals surface area contributed by atoms with Crippen molar-refractivity contribution < 1.29 is 14.3 Å². The average Bonchev–Trinajstić information content (AvgIpc) is 2.68. The number of benzene rings is 2. The summed E-state index contributed by atoms with van der Waals surface area (Å²) in [7, 11) is 0. The maximum atomic E-state index is 12.2. The van der Waals surface area contributed by atoms with Crippen molar-refractivity contribution in [3.8, 4) is 0 Å². The van der Waals surface area contributed by atoms with Crippen LogP contribution < -0.4 is 5.32 Å². The summed E-state index contributed by atoms with van der Waals surface area (Å²) in [5.41, 5.74) is 2.33. The summed E-state index contributed by atoms with van der Waals surface area (Å²) in [6, 6.07) is 16.5. The molecule has 1 aliphatic heterocycles. The number of carbonyl (C=O) groups is 2. The third-order valence-electron chi connectivity index (χ3n) is 4.23. The topological polar surface area (TPSA) is 58.6 Å². The molecular formula is C20H22N2O3. The van der Waals surface area contributed by atoms with E-state index in [9.17, 15) is 9.59 Å². The minimum Gasteiger partial charge on any atom is -0.379 e. The number of nitrogens with zero attached hydrogens (tertiary/aromatic N) is 1. The van der Waals surface area contributed by atoms with Gasteiger partial charge in [-0.25, -0.2) is 0 Å². The number of ketones is 1. The van der Waals surface area contributed by atoms with E-state index >= 15 is 0 Å². The van der Waals surface area contributed by atoms with Crippen LogP contribution in [0.2, 0.25) is 0 Å². The molecule has 1 heterocycles. The Morgan fingerprint density at radius 2 is 1.60 bits per heavy atom. The molecule has 130 valence electrons. The summed E-state index contributed by atoms with van der Waals surface area (Å²) in [5, 5.41) is 2.68. The monoisotopic (exact) mass is 338 g/mol. The van der Waals surface area contributed by atoms with Crippen LogP contribution in [0.15, 0.2) is 54.6 Å². The van der Waals surface area contributed by atoms with Crippen LogP contribution in [0.5, 0.6) is 0 Å². The molecule has 5 nitrogen and oxygen atoms in total. The van der Waals surface area contributed by atoms with Crippen molar-refractivity contribution in [1.82, 2.24) is 10.2 Å². The Hall–Kier alpha value is -2.50. The van der Waals surface area contributed by atoms with Gasteiger partial charge in [0, 0.05) is 30.8 Å². The number of carbonyl (C=O) groups excluding carboxylic acids is 2. The van der Waals surface area contributed by atoms with Gasteiger partial charge in [0.25, 0.3) is 5.91 Å². The van der Waals surface area contributed by atoms with E-state index in [1.807, 2.05) is 30.3 Å². The summed E-state index contributed by atoms with van der Waals surface area (Å²) in [4.78, 5) is 26.5. The van der Waals surface area contributed by atoms with Gasteiger partial charge in [0.1, 0.15) is 0 Å². The number of morpholine rings is 1. The van der Waals surface area contributed by atoms with Gasteiger partial charge in [-0.3, -0.25) is 14.5 Å². The molecule has 2 aromatic carbocycles. The quantitative estimate of drug-likeness (QED) is 0.820. The summed E-state index contributed by atoms with van der Waals surface area (Å²) in [5.74, 6) is -0.333. The Bertz CT molecular complexity index is 707. The molecule has 1 amide bonds. The van der Waals surface area contributed by atoms with Crippen LogP contribution in [0.1, 0.15) is 26.3 Å². The molecule has 0 bridgehead atoms. The number of Topliss-reactive ketones (excluding diaryl/α,β-unsaturated/α-hetero) is 1.